The first-order chi connectivity index (χ1) is 6.63. The van der Waals surface area contributed by atoms with E-state index in [0.717, 1.165) is 11.1 Å². The Morgan fingerprint density at radius 2 is 2.14 bits per heavy atom. The molecule has 0 amide bonds. The van der Waals surface area contributed by atoms with Crippen LogP contribution in [-0.4, -0.2) is 24.8 Å². The molecule has 3 heteroatoms. The molecule has 0 saturated heterocycles. The SMILES string of the molecule is CO[C@H](O)/N=C\c1cc(C)ccc1C. The van der Waals surface area contributed by atoms with Gasteiger partial charge < -0.3 is 9.84 Å². The molecule has 1 atom stereocenters. The van der Waals surface area contributed by atoms with E-state index in [1.165, 1.54) is 12.7 Å². The second-order valence-corrected chi connectivity index (χ2v) is 3.20. The maximum absolute atomic E-state index is 9.06. The zero-order valence-electron chi connectivity index (χ0n) is 8.69. The van der Waals surface area contributed by atoms with Crippen molar-refractivity contribution in [2.75, 3.05) is 7.11 Å². The van der Waals surface area contributed by atoms with Gasteiger partial charge in [0, 0.05) is 13.3 Å². The van der Waals surface area contributed by atoms with Crippen molar-refractivity contribution < 1.29 is 9.84 Å². The predicted molar refractivity (Wildman–Crippen MR) is 56.5 cm³/mol. The van der Waals surface area contributed by atoms with Crippen LogP contribution in [0.4, 0.5) is 0 Å². The molecular weight excluding hydrogens is 178 g/mol. The molecule has 0 saturated carbocycles. The number of hydrogen-bond acceptors (Lipinski definition) is 3. The zero-order valence-corrected chi connectivity index (χ0v) is 8.69. The smallest absolute Gasteiger partial charge is 0.255 e. The van der Waals surface area contributed by atoms with Crippen LogP contribution in [-0.2, 0) is 4.74 Å². The Bertz CT molecular complexity index is 334. The molecule has 0 aliphatic rings. The predicted octanol–water partition coefficient (Wildman–Crippen LogP) is 1.64. The van der Waals surface area contributed by atoms with Gasteiger partial charge in [-0.05, 0) is 25.0 Å². The fourth-order valence-corrected chi connectivity index (χ4v) is 1.10. The van der Waals surface area contributed by atoms with Gasteiger partial charge in [-0.25, -0.2) is 4.99 Å². The van der Waals surface area contributed by atoms with Gasteiger partial charge in [-0.3, -0.25) is 0 Å². The number of aliphatic hydroxyl groups excluding tert-OH is 1. The van der Waals surface area contributed by atoms with Crippen molar-refractivity contribution in [3.05, 3.63) is 34.9 Å². The minimum absolute atomic E-state index is 1.00. The van der Waals surface area contributed by atoms with Gasteiger partial charge in [0.25, 0.3) is 6.41 Å². The van der Waals surface area contributed by atoms with Crippen molar-refractivity contribution in [1.82, 2.24) is 0 Å². The topological polar surface area (TPSA) is 41.8 Å². The summed E-state index contributed by atoms with van der Waals surface area (Å²) in [6.45, 7) is 4.02. The standard InChI is InChI=1S/C11H15NO2/c1-8-4-5-9(2)10(6-8)7-12-11(13)14-3/h4-7,11,13H,1-3H3/b12-7-/t11-/m0/s1. The lowest BCUT2D eigenvalue weighted by Crippen LogP contribution is -2.05. The highest BCUT2D eigenvalue weighted by Gasteiger charge is 1.97. The van der Waals surface area contributed by atoms with E-state index < -0.39 is 6.41 Å². The van der Waals surface area contributed by atoms with E-state index in [0.29, 0.717) is 0 Å². The molecule has 0 unspecified atom stereocenters. The lowest BCUT2D eigenvalue weighted by Gasteiger charge is -2.03. The van der Waals surface area contributed by atoms with Crippen molar-refractivity contribution in [1.29, 1.82) is 0 Å². The number of ether oxygens (including phenoxy) is 1. The molecule has 0 aliphatic heterocycles. The molecular formula is C11H15NO2. The Morgan fingerprint density at radius 1 is 1.43 bits per heavy atom. The fraction of sp³-hybridized carbons (Fsp3) is 0.364. The number of aryl methyl sites for hydroxylation is 2. The van der Waals surface area contributed by atoms with Crippen LogP contribution in [0.25, 0.3) is 0 Å². The van der Waals surface area contributed by atoms with Gasteiger partial charge in [0.1, 0.15) is 0 Å². The summed E-state index contributed by atoms with van der Waals surface area (Å²) in [5.41, 5.74) is 3.30. The number of aliphatic hydroxyl groups is 1. The molecule has 3 nitrogen and oxygen atoms in total. The maximum atomic E-state index is 9.06. The molecule has 0 heterocycles. The van der Waals surface area contributed by atoms with Crippen LogP contribution >= 0.6 is 0 Å². The van der Waals surface area contributed by atoms with Gasteiger partial charge in [-0.2, -0.15) is 0 Å². The van der Waals surface area contributed by atoms with E-state index in [2.05, 4.69) is 9.73 Å². The molecule has 1 aromatic rings. The van der Waals surface area contributed by atoms with Gasteiger partial charge in [0.15, 0.2) is 0 Å². The van der Waals surface area contributed by atoms with Gasteiger partial charge in [-0.15, -0.1) is 0 Å². The largest absolute Gasteiger partial charge is 0.350 e. The van der Waals surface area contributed by atoms with E-state index in [9.17, 15) is 0 Å². The number of methoxy groups -OCH3 is 1. The number of nitrogens with zero attached hydrogens (tertiary/aromatic N) is 1. The number of benzene rings is 1. The summed E-state index contributed by atoms with van der Waals surface area (Å²) >= 11 is 0. The summed E-state index contributed by atoms with van der Waals surface area (Å²) in [7, 11) is 1.41. The Labute approximate surface area is 84.1 Å². The first kappa shape index (κ1) is 10.9. The van der Waals surface area contributed by atoms with Crippen molar-refractivity contribution in [3.63, 3.8) is 0 Å². The van der Waals surface area contributed by atoms with E-state index in [1.54, 1.807) is 6.21 Å². The highest BCUT2D eigenvalue weighted by atomic mass is 16.6. The molecule has 0 fully saturated rings. The van der Waals surface area contributed by atoms with Crippen LogP contribution in [0.15, 0.2) is 23.2 Å². The van der Waals surface area contributed by atoms with Gasteiger partial charge in [-0.1, -0.05) is 23.8 Å². The quantitative estimate of drug-likeness (QED) is 0.585. The summed E-state index contributed by atoms with van der Waals surface area (Å²) < 4.78 is 4.60. The van der Waals surface area contributed by atoms with Crippen molar-refractivity contribution in [3.8, 4) is 0 Å². The summed E-state index contributed by atoms with van der Waals surface area (Å²) in [5.74, 6) is 0. The lowest BCUT2D eigenvalue weighted by molar-refractivity contribution is -0.0653. The highest BCUT2D eigenvalue weighted by Crippen LogP contribution is 2.08. The summed E-state index contributed by atoms with van der Waals surface area (Å²) in [5, 5.41) is 9.06. The summed E-state index contributed by atoms with van der Waals surface area (Å²) in [4.78, 5) is 3.82. The molecule has 14 heavy (non-hydrogen) atoms. The molecule has 0 spiro atoms. The minimum Gasteiger partial charge on any atom is -0.350 e. The third kappa shape index (κ3) is 2.94. The van der Waals surface area contributed by atoms with Crippen molar-refractivity contribution in [2.24, 2.45) is 4.99 Å². The summed E-state index contributed by atoms with van der Waals surface area (Å²) in [6.07, 6.45) is 0.547. The molecule has 76 valence electrons. The van der Waals surface area contributed by atoms with Gasteiger partial charge in [0.05, 0.1) is 0 Å². The fourth-order valence-electron chi connectivity index (χ4n) is 1.10. The van der Waals surface area contributed by atoms with E-state index in [4.69, 9.17) is 5.11 Å². The lowest BCUT2D eigenvalue weighted by atomic mass is 10.1. The van der Waals surface area contributed by atoms with Crippen molar-refractivity contribution >= 4 is 6.21 Å². The van der Waals surface area contributed by atoms with Crippen LogP contribution in [0.2, 0.25) is 0 Å². The van der Waals surface area contributed by atoms with E-state index in [-0.39, 0.29) is 0 Å². The first-order valence-corrected chi connectivity index (χ1v) is 4.45. The number of hydrogen-bond donors (Lipinski definition) is 1. The Hall–Kier alpha value is -1.19. The normalized spacial score (nSPS) is 13.4. The number of rotatable bonds is 3. The van der Waals surface area contributed by atoms with E-state index >= 15 is 0 Å². The second kappa shape index (κ2) is 4.88. The van der Waals surface area contributed by atoms with Gasteiger partial charge in [0.2, 0.25) is 0 Å². The van der Waals surface area contributed by atoms with Crippen LogP contribution in [0, 0.1) is 13.8 Å². The van der Waals surface area contributed by atoms with Crippen LogP contribution in [0.5, 0.6) is 0 Å². The van der Waals surface area contributed by atoms with Gasteiger partial charge >= 0.3 is 0 Å². The minimum atomic E-state index is -1.07. The average molecular weight is 193 g/mol. The first-order valence-electron chi connectivity index (χ1n) is 4.45. The molecule has 0 bridgehead atoms. The molecule has 1 N–H and O–H groups in total. The van der Waals surface area contributed by atoms with Crippen LogP contribution in [0.1, 0.15) is 16.7 Å². The van der Waals surface area contributed by atoms with Crippen LogP contribution in [0.3, 0.4) is 0 Å². The van der Waals surface area contributed by atoms with Crippen LogP contribution < -0.4 is 0 Å². The molecule has 1 rings (SSSR count). The maximum Gasteiger partial charge on any atom is 0.255 e. The molecule has 0 aliphatic carbocycles. The van der Waals surface area contributed by atoms with Crippen molar-refractivity contribution in [2.45, 2.75) is 20.3 Å². The number of aliphatic imine (C=N–C) groups is 1. The molecule has 1 aromatic carbocycles. The Kier molecular flexibility index (Phi) is 3.80. The average Bonchev–Trinajstić information content (AvgIpc) is 2.19. The molecule has 0 aromatic heterocycles. The third-order valence-corrected chi connectivity index (χ3v) is 1.99. The highest BCUT2D eigenvalue weighted by molar-refractivity contribution is 5.81. The monoisotopic (exact) mass is 193 g/mol. The third-order valence-electron chi connectivity index (χ3n) is 1.99. The Balaban J connectivity index is 2.85. The summed E-state index contributed by atoms with van der Waals surface area (Å²) in [6, 6.07) is 6.08. The zero-order chi connectivity index (χ0) is 10.6. The molecule has 0 radical (unpaired) electrons. The van der Waals surface area contributed by atoms with E-state index in [1.807, 2.05) is 32.0 Å². The Morgan fingerprint density at radius 3 is 2.79 bits per heavy atom. The second-order valence-electron chi connectivity index (χ2n) is 3.20.